The lowest BCUT2D eigenvalue weighted by atomic mass is 10.0. The number of carboxylic acids is 1. The highest BCUT2D eigenvalue weighted by Gasteiger charge is 2.22. The zero-order chi connectivity index (χ0) is 22.6. The Bertz CT molecular complexity index is 636. The normalized spacial score (nSPS) is 12.4. The van der Waals surface area contributed by atoms with E-state index in [1.54, 1.807) is 4.90 Å². The highest BCUT2D eigenvalue weighted by atomic mass is 16.6. The maximum absolute atomic E-state index is 12.6. The van der Waals surface area contributed by atoms with Gasteiger partial charge in [0.05, 0.1) is 0 Å². The first-order chi connectivity index (χ1) is 14.2. The molecule has 0 aromatic heterocycles. The first-order valence-electron chi connectivity index (χ1n) is 11.0. The van der Waals surface area contributed by atoms with Gasteiger partial charge in [0, 0.05) is 26.6 Å². The summed E-state index contributed by atoms with van der Waals surface area (Å²) in [6.45, 7) is 9.13. The molecule has 6 heteroatoms. The number of carbonyl (C=O) groups is 2. The number of carboxylic acid groups (broad SMARTS) is 1. The number of hydrogen-bond acceptors (Lipinski definition) is 4. The Morgan fingerprint density at radius 1 is 1.00 bits per heavy atom. The molecule has 0 aliphatic carbocycles. The molecule has 1 atom stereocenters. The molecule has 1 unspecified atom stereocenters. The van der Waals surface area contributed by atoms with Crippen LogP contribution >= 0.6 is 0 Å². The first-order valence-corrected chi connectivity index (χ1v) is 11.0. The molecule has 0 aliphatic rings. The molecular weight excluding hydrogens is 382 g/mol. The van der Waals surface area contributed by atoms with Gasteiger partial charge < -0.3 is 19.5 Å². The van der Waals surface area contributed by atoms with Gasteiger partial charge in [-0.25, -0.2) is 9.59 Å². The summed E-state index contributed by atoms with van der Waals surface area (Å²) in [5.41, 5.74) is 1.50. The molecule has 0 bridgehead atoms. The molecule has 1 aromatic rings. The number of nitrogens with zero attached hydrogens (tertiary/aromatic N) is 1. The van der Waals surface area contributed by atoms with Gasteiger partial charge in [-0.15, -0.1) is 0 Å². The number of benzene rings is 1. The van der Waals surface area contributed by atoms with Gasteiger partial charge in [-0.2, -0.15) is 0 Å². The molecule has 0 spiro atoms. The van der Waals surface area contributed by atoms with E-state index in [1.807, 2.05) is 45.0 Å². The van der Waals surface area contributed by atoms with Crippen molar-refractivity contribution in [2.75, 3.05) is 20.2 Å². The van der Waals surface area contributed by atoms with Gasteiger partial charge in [-0.3, -0.25) is 0 Å². The number of amides is 1. The molecule has 0 radical (unpaired) electrons. The molecule has 1 aromatic carbocycles. The number of carbonyl (C=O) groups excluding carboxylic acids is 1. The summed E-state index contributed by atoms with van der Waals surface area (Å²) >= 11 is 0. The van der Waals surface area contributed by atoms with Crippen molar-refractivity contribution >= 4 is 12.1 Å². The maximum Gasteiger partial charge on any atom is 0.410 e. The summed E-state index contributed by atoms with van der Waals surface area (Å²) in [6, 6.07) is 7.82. The minimum atomic E-state index is -0.964. The van der Waals surface area contributed by atoms with Crippen molar-refractivity contribution in [3.8, 4) is 0 Å². The molecule has 170 valence electrons. The van der Waals surface area contributed by atoms with E-state index in [2.05, 4.69) is 6.92 Å². The van der Waals surface area contributed by atoms with E-state index in [-0.39, 0.29) is 6.09 Å². The summed E-state index contributed by atoms with van der Waals surface area (Å²) in [5, 5.41) is 9.11. The third-order valence-electron chi connectivity index (χ3n) is 4.86. The molecule has 0 fully saturated rings. The Balaban J connectivity index is 2.65. The third kappa shape index (κ3) is 10.6. The average molecular weight is 422 g/mol. The Morgan fingerprint density at radius 2 is 1.60 bits per heavy atom. The van der Waals surface area contributed by atoms with Crippen LogP contribution in [0.25, 0.3) is 0 Å². The van der Waals surface area contributed by atoms with Crippen molar-refractivity contribution in [2.45, 2.75) is 84.3 Å². The molecule has 0 heterocycles. The van der Waals surface area contributed by atoms with E-state index in [4.69, 9.17) is 14.6 Å². The monoisotopic (exact) mass is 421 g/mol. The lowest BCUT2D eigenvalue weighted by Gasteiger charge is -2.27. The fourth-order valence-corrected chi connectivity index (χ4v) is 3.12. The highest BCUT2D eigenvalue weighted by molar-refractivity contribution is 5.72. The van der Waals surface area contributed by atoms with Crippen LogP contribution in [0.15, 0.2) is 24.3 Å². The Hall–Kier alpha value is -2.08. The molecule has 30 heavy (non-hydrogen) atoms. The van der Waals surface area contributed by atoms with E-state index in [0.717, 1.165) is 30.4 Å². The van der Waals surface area contributed by atoms with Crippen molar-refractivity contribution in [3.05, 3.63) is 35.4 Å². The zero-order valence-electron chi connectivity index (χ0n) is 19.3. The van der Waals surface area contributed by atoms with Crippen LogP contribution in [0, 0.1) is 0 Å². The maximum atomic E-state index is 12.6. The minimum Gasteiger partial charge on any atom is -0.479 e. The Labute approximate surface area is 181 Å². The van der Waals surface area contributed by atoms with Gasteiger partial charge in [-0.1, -0.05) is 56.9 Å². The summed E-state index contributed by atoms with van der Waals surface area (Å²) in [6.07, 6.45) is 5.66. The molecule has 0 saturated heterocycles. The fourth-order valence-electron chi connectivity index (χ4n) is 3.12. The Kier molecular flexibility index (Phi) is 11.5. The minimum absolute atomic E-state index is 0.265. The van der Waals surface area contributed by atoms with E-state index in [9.17, 15) is 9.59 Å². The zero-order valence-corrected chi connectivity index (χ0v) is 19.3. The number of hydrogen-bond donors (Lipinski definition) is 1. The molecule has 0 aliphatic heterocycles. The van der Waals surface area contributed by atoms with Crippen LogP contribution in [0.2, 0.25) is 0 Å². The van der Waals surface area contributed by atoms with Crippen molar-refractivity contribution in [1.82, 2.24) is 4.90 Å². The predicted molar refractivity (Wildman–Crippen MR) is 119 cm³/mol. The standard InChI is InChI=1S/C24H39NO5/c1-6-7-8-9-10-16-25(23(28)30-24(2,3)4)17-15-19-11-13-20(14-12-19)18-21(29-5)22(26)27/h11-14,21H,6-10,15-18H2,1-5H3,(H,26,27). The van der Waals surface area contributed by atoms with Gasteiger partial charge in [0.1, 0.15) is 5.60 Å². The van der Waals surface area contributed by atoms with Crippen LogP contribution in [0.1, 0.15) is 70.9 Å². The van der Waals surface area contributed by atoms with Crippen LogP contribution < -0.4 is 0 Å². The highest BCUT2D eigenvalue weighted by Crippen LogP contribution is 2.14. The smallest absolute Gasteiger partial charge is 0.410 e. The lowest BCUT2D eigenvalue weighted by Crippen LogP contribution is -2.38. The number of unbranched alkanes of at least 4 members (excludes halogenated alkanes) is 4. The molecule has 0 saturated carbocycles. The van der Waals surface area contributed by atoms with Crippen LogP contribution in [0.3, 0.4) is 0 Å². The largest absolute Gasteiger partial charge is 0.479 e. The topological polar surface area (TPSA) is 76.1 Å². The van der Waals surface area contributed by atoms with Gasteiger partial charge in [0.25, 0.3) is 0 Å². The second-order valence-electron chi connectivity index (χ2n) is 8.71. The van der Waals surface area contributed by atoms with Gasteiger partial charge >= 0.3 is 12.1 Å². The second-order valence-corrected chi connectivity index (χ2v) is 8.71. The average Bonchev–Trinajstić information content (AvgIpc) is 2.67. The van der Waals surface area contributed by atoms with Crippen LogP contribution in [-0.4, -0.2) is 54.0 Å². The summed E-state index contributed by atoms with van der Waals surface area (Å²) in [7, 11) is 1.40. The summed E-state index contributed by atoms with van der Waals surface area (Å²) < 4.78 is 10.6. The first kappa shape index (κ1) is 26.0. The van der Waals surface area contributed by atoms with Crippen LogP contribution in [0.5, 0.6) is 0 Å². The van der Waals surface area contributed by atoms with Crippen LogP contribution in [-0.2, 0) is 27.1 Å². The SMILES string of the molecule is CCCCCCCN(CCc1ccc(CC(OC)C(=O)O)cc1)C(=O)OC(C)(C)C. The summed E-state index contributed by atoms with van der Waals surface area (Å²) in [4.78, 5) is 25.5. The number of methoxy groups -OCH3 is 1. The van der Waals surface area contributed by atoms with Gasteiger partial charge in [-0.05, 0) is 44.7 Å². The second kappa shape index (κ2) is 13.3. The van der Waals surface area contributed by atoms with Gasteiger partial charge in [0.2, 0.25) is 0 Å². The molecule has 6 nitrogen and oxygen atoms in total. The van der Waals surface area contributed by atoms with Crippen molar-refractivity contribution in [1.29, 1.82) is 0 Å². The number of rotatable bonds is 13. The van der Waals surface area contributed by atoms with E-state index in [0.29, 0.717) is 19.5 Å². The van der Waals surface area contributed by atoms with E-state index in [1.165, 1.54) is 26.4 Å². The molecule has 1 N–H and O–H groups in total. The lowest BCUT2D eigenvalue weighted by molar-refractivity contribution is -0.148. The third-order valence-corrected chi connectivity index (χ3v) is 4.86. The quantitative estimate of drug-likeness (QED) is 0.450. The molecule has 1 amide bonds. The fraction of sp³-hybridized carbons (Fsp3) is 0.667. The molecular formula is C24H39NO5. The number of ether oxygens (including phenoxy) is 2. The molecule has 1 rings (SSSR count). The van der Waals surface area contributed by atoms with E-state index >= 15 is 0 Å². The van der Waals surface area contributed by atoms with Crippen molar-refractivity contribution in [2.24, 2.45) is 0 Å². The van der Waals surface area contributed by atoms with Crippen LogP contribution in [0.4, 0.5) is 4.79 Å². The number of aliphatic carboxylic acids is 1. The van der Waals surface area contributed by atoms with Crippen molar-refractivity contribution in [3.63, 3.8) is 0 Å². The summed E-state index contributed by atoms with van der Waals surface area (Å²) in [5.74, 6) is -0.964. The Morgan fingerprint density at radius 3 is 2.13 bits per heavy atom. The van der Waals surface area contributed by atoms with E-state index < -0.39 is 17.7 Å². The predicted octanol–water partition coefficient (Wildman–Crippen LogP) is 5.08. The van der Waals surface area contributed by atoms with Gasteiger partial charge in [0.15, 0.2) is 6.10 Å². The van der Waals surface area contributed by atoms with Crippen molar-refractivity contribution < 1.29 is 24.2 Å².